The van der Waals surface area contributed by atoms with Gasteiger partial charge in [-0.05, 0) is 37.3 Å². The van der Waals surface area contributed by atoms with Crippen LogP contribution in [0, 0.1) is 22.9 Å². The quantitative estimate of drug-likeness (QED) is 0.601. The van der Waals surface area contributed by atoms with E-state index in [0.29, 0.717) is 11.3 Å². The molecule has 0 atom stereocenters. The van der Waals surface area contributed by atoms with E-state index in [1.54, 1.807) is 26.1 Å². The van der Waals surface area contributed by atoms with Crippen molar-refractivity contribution in [2.45, 2.75) is 6.92 Å². The number of nitro groups is 1. The first-order valence-corrected chi connectivity index (χ1v) is 7.28. The number of aryl methyl sites for hydroxylation is 1. The predicted octanol–water partition coefficient (Wildman–Crippen LogP) is 3.19. The molecule has 0 aliphatic carbocycles. The zero-order chi connectivity index (χ0) is 17.7. The van der Waals surface area contributed by atoms with Gasteiger partial charge in [-0.1, -0.05) is 12.1 Å². The summed E-state index contributed by atoms with van der Waals surface area (Å²) in [6.45, 7) is 2.02. The molecule has 0 N–H and O–H groups in total. The summed E-state index contributed by atoms with van der Waals surface area (Å²) >= 11 is 0. The van der Waals surface area contributed by atoms with Crippen LogP contribution in [-0.2, 0) is 0 Å². The maximum absolute atomic E-state index is 12.8. The van der Waals surface area contributed by atoms with E-state index in [1.165, 1.54) is 35.2 Å². The van der Waals surface area contributed by atoms with E-state index in [2.05, 4.69) is 0 Å². The molecule has 0 saturated heterocycles. The van der Waals surface area contributed by atoms with Crippen molar-refractivity contribution in [1.82, 2.24) is 4.90 Å². The van der Waals surface area contributed by atoms with Gasteiger partial charge in [-0.25, -0.2) is 4.39 Å². The van der Waals surface area contributed by atoms with Crippen molar-refractivity contribution in [2.24, 2.45) is 0 Å². The molecule has 0 radical (unpaired) electrons. The Morgan fingerprint density at radius 3 is 2.54 bits per heavy atom. The lowest BCUT2D eigenvalue weighted by Gasteiger charge is -2.18. The molecule has 0 fully saturated rings. The number of para-hydroxylation sites is 1. The number of nitro benzene ring substituents is 1. The predicted molar refractivity (Wildman–Crippen MR) is 86.7 cm³/mol. The summed E-state index contributed by atoms with van der Waals surface area (Å²) in [7, 11) is 1.54. The molecule has 7 heteroatoms. The summed E-state index contributed by atoms with van der Waals surface area (Å²) in [6, 6.07) is 10.2. The average molecular weight is 332 g/mol. The number of carbonyl (C=O) groups is 1. The number of rotatable bonds is 6. The number of carbonyl (C=O) groups excluding carboxylic acids is 1. The first-order chi connectivity index (χ1) is 11.4. The van der Waals surface area contributed by atoms with Gasteiger partial charge in [0, 0.05) is 12.6 Å². The molecule has 0 saturated carbocycles. The molecule has 6 nitrogen and oxygen atoms in total. The van der Waals surface area contributed by atoms with Gasteiger partial charge in [0.25, 0.3) is 11.6 Å². The summed E-state index contributed by atoms with van der Waals surface area (Å²) in [5.41, 5.74) is 0.292. The van der Waals surface area contributed by atoms with Gasteiger partial charge in [-0.3, -0.25) is 14.9 Å². The molecule has 0 bridgehead atoms. The van der Waals surface area contributed by atoms with Crippen LogP contribution in [-0.4, -0.2) is 35.9 Å². The van der Waals surface area contributed by atoms with Crippen molar-refractivity contribution in [1.29, 1.82) is 0 Å². The normalized spacial score (nSPS) is 10.3. The first kappa shape index (κ1) is 17.4. The van der Waals surface area contributed by atoms with Gasteiger partial charge in [-0.2, -0.15) is 0 Å². The molecule has 0 unspecified atom stereocenters. The highest BCUT2D eigenvalue weighted by atomic mass is 19.1. The van der Waals surface area contributed by atoms with Crippen LogP contribution in [0.1, 0.15) is 15.9 Å². The third kappa shape index (κ3) is 4.07. The topological polar surface area (TPSA) is 72.7 Å². The molecule has 2 aromatic carbocycles. The van der Waals surface area contributed by atoms with E-state index in [0.717, 1.165) is 0 Å². The zero-order valence-corrected chi connectivity index (χ0v) is 13.4. The molecule has 0 spiro atoms. The van der Waals surface area contributed by atoms with E-state index in [-0.39, 0.29) is 30.2 Å². The Hall–Kier alpha value is -2.96. The highest BCUT2D eigenvalue weighted by Crippen LogP contribution is 2.24. The largest absolute Gasteiger partial charge is 0.492 e. The van der Waals surface area contributed by atoms with Gasteiger partial charge in [-0.15, -0.1) is 0 Å². The number of ether oxygens (including phenoxy) is 1. The number of halogens is 1. The maximum atomic E-state index is 12.8. The summed E-state index contributed by atoms with van der Waals surface area (Å²) in [5.74, 6) is -0.326. The minimum atomic E-state index is -0.550. The molecular formula is C17H17FN2O4. The van der Waals surface area contributed by atoms with Crippen LogP contribution in [0.15, 0.2) is 42.5 Å². The third-order valence-corrected chi connectivity index (χ3v) is 3.51. The number of nitrogens with zero attached hydrogens (tertiary/aromatic N) is 2. The van der Waals surface area contributed by atoms with Gasteiger partial charge in [0.05, 0.1) is 11.5 Å². The molecule has 24 heavy (non-hydrogen) atoms. The van der Waals surface area contributed by atoms with Crippen LogP contribution < -0.4 is 4.74 Å². The summed E-state index contributed by atoms with van der Waals surface area (Å²) < 4.78 is 18.2. The van der Waals surface area contributed by atoms with E-state index in [1.807, 2.05) is 0 Å². The second-order valence-corrected chi connectivity index (χ2v) is 5.26. The van der Waals surface area contributed by atoms with Crippen molar-refractivity contribution < 1.29 is 18.8 Å². The number of amides is 1. The molecule has 1 amide bonds. The molecule has 0 aliphatic heterocycles. The summed E-state index contributed by atoms with van der Waals surface area (Å²) in [5, 5.41) is 11.2. The lowest BCUT2D eigenvalue weighted by Crippen LogP contribution is -2.31. The maximum Gasteiger partial charge on any atom is 0.285 e. The summed E-state index contributed by atoms with van der Waals surface area (Å²) in [4.78, 5) is 24.4. The van der Waals surface area contributed by atoms with Gasteiger partial charge >= 0.3 is 0 Å². The zero-order valence-electron chi connectivity index (χ0n) is 13.4. The van der Waals surface area contributed by atoms with Gasteiger partial charge < -0.3 is 9.64 Å². The number of benzene rings is 2. The Labute approximate surface area is 138 Å². The first-order valence-electron chi connectivity index (χ1n) is 7.28. The Kier molecular flexibility index (Phi) is 5.47. The highest BCUT2D eigenvalue weighted by Gasteiger charge is 2.24. The van der Waals surface area contributed by atoms with E-state index in [4.69, 9.17) is 4.74 Å². The lowest BCUT2D eigenvalue weighted by molar-refractivity contribution is -0.385. The van der Waals surface area contributed by atoms with Crippen LogP contribution in [0.4, 0.5) is 10.1 Å². The van der Waals surface area contributed by atoms with Crippen molar-refractivity contribution in [3.63, 3.8) is 0 Å². The Morgan fingerprint density at radius 2 is 1.92 bits per heavy atom. The standard InChI is InChI=1S/C17H17FN2O4/c1-12-4-3-5-15(16(12)20(22)23)17(21)19(2)10-11-24-14-8-6-13(18)7-9-14/h3-9H,10-11H2,1-2H3. The third-order valence-electron chi connectivity index (χ3n) is 3.51. The van der Waals surface area contributed by atoms with E-state index in [9.17, 15) is 19.3 Å². The fraction of sp³-hybridized carbons (Fsp3) is 0.235. The van der Waals surface area contributed by atoms with Crippen molar-refractivity contribution in [3.8, 4) is 5.75 Å². The molecule has 0 aromatic heterocycles. The second kappa shape index (κ2) is 7.54. The van der Waals surface area contributed by atoms with Crippen molar-refractivity contribution in [2.75, 3.05) is 20.2 Å². The van der Waals surface area contributed by atoms with Crippen LogP contribution in [0.2, 0.25) is 0 Å². The second-order valence-electron chi connectivity index (χ2n) is 5.26. The SMILES string of the molecule is Cc1cccc(C(=O)N(C)CCOc2ccc(F)cc2)c1[N+](=O)[O-]. The lowest BCUT2D eigenvalue weighted by atomic mass is 10.1. The van der Waals surface area contributed by atoms with Crippen molar-refractivity contribution >= 4 is 11.6 Å². The Balaban J connectivity index is 2.01. The average Bonchev–Trinajstić information content (AvgIpc) is 2.55. The number of hydrogen-bond donors (Lipinski definition) is 0. The van der Waals surface area contributed by atoms with Gasteiger partial charge in [0.15, 0.2) is 0 Å². The molecule has 2 rings (SSSR count). The Bertz CT molecular complexity index is 747. The smallest absolute Gasteiger partial charge is 0.285 e. The summed E-state index contributed by atoms with van der Waals surface area (Å²) in [6.07, 6.45) is 0. The fourth-order valence-electron chi connectivity index (χ4n) is 2.21. The van der Waals surface area contributed by atoms with Crippen LogP contribution in [0.25, 0.3) is 0 Å². The molecular weight excluding hydrogens is 315 g/mol. The molecule has 2 aromatic rings. The minimum absolute atomic E-state index is 0.0456. The molecule has 0 aliphatic rings. The minimum Gasteiger partial charge on any atom is -0.492 e. The van der Waals surface area contributed by atoms with Crippen molar-refractivity contribution in [3.05, 3.63) is 69.5 Å². The van der Waals surface area contributed by atoms with E-state index >= 15 is 0 Å². The molecule has 0 heterocycles. The number of hydrogen-bond acceptors (Lipinski definition) is 4. The van der Waals surface area contributed by atoms with Gasteiger partial charge in [0.2, 0.25) is 0 Å². The fourth-order valence-corrected chi connectivity index (χ4v) is 2.21. The van der Waals surface area contributed by atoms with Crippen LogP contribution in [0.5, 0.6) is 5.75 Å². The van der Waals surface area contributed by atoms with Crippen LogP contribution >= 0.6 is 0 Å². The molecule has 126 valence electrons. The van der Waals surface area contributed by atoms with E-state index < -0.39 is 10.8 Å². The number of likely N-dealkylation sites (N-methyl/N-ethyl adjacent to an activating group) is 1. The monoisotopic (exact) mass is 332 g/mol. The Morgan fingerprint density at radius 1 is 1.25 bits per heavy atom. The highest BCUT2D eigenvalue weighted by molar-refractivity contribution is 5.98. The van der Waals surface area contributed by atoms with Crippen LogP contribution in [0.3, 0.4) is 0 Å². The van der Waals surface area contributed by atoms with Gasteiger partial charge in [0.1, 0.15) is 23.7 Å².